The van der Waals surface area contributed by atoms with Gasteiger partial charge in [0.15, 0.2) is 5.78 Å². The highest BCUT2D eigenvalue weighted by Gasteiger charge is 2.07. The topological polar surface area (TPSA) is 75.3 Å². The van der Waals surface area contributed by atoms with Crippen LogP contribution in [0.15, 0.2) is 54.6 Å². The van der Waals surface area contributed by atoms with Gasteiger partial charge in [-0.1, -0.05) is 30.3 Å². The number of nitrogens with one attached hydrogen (secondary N) is 2. The maximum absolute atomic E-state index is 12.0. The fraction of sp³-hybridized carbons (Fsp3) is 0.211. The van der Waals surface area contributed by atoms with Gasteiger partial charge in [-0.15, -0.1) is 0 Å². The van der Waals surface area contributed by atoms with Crippen LogP contribution in [0.3, 0.4) is 0 Å². The average Bonchev–Trinajstić information content (AvgIpc) is 2.62. The predicted octanol–water partition coefficient (Wildman–Crippen LogP) is 2.44. The largest absolute Gasteiger partial charge is 0.352 e. The number of rotatable bonds is 7. The third kappa shape index (κ3) is 5.05. The highest BCUT2D eigenvalue weighted by atomic mass is 16.2. The number of hydrogen-bond acceptors (Lipinski definition) is 3. The second kappa shape index (κ2) is 8.62. The van der Waals surface area contributed by atoms with Crippen molar-refractivity contribution in [3.8, 4) is 0 Å². The van der Waals surface area contributed by atoms with Crippen molar-refractivity contribution in [2.45, 2.75) is 13.3 Å². The van der Waals surface area contributed by atoms with Gasteiger partial charge in [0.25, 0.3) is 11.8 Å². The Morgan fingerprint density at radius 2 is 1.17 bits per heavy atom. The molecule has 5 heteroatoms. The lowest BCUT2D eigenvalue weighted by Gasteiger charge is -2.07. The molecule has 0 saturated heterocycles. The van der Waals surface area contributed by atoms with E-state index in [-0.39, 0.29) is 17.6 Å². The molecule has 0 aromatic heterocycles. The highest BCUT2D eigenvalue weighted by molar-refractivity contribution is 5.97. The zero-order chi connectivity index (χ0) is 17.4. The first-order valence-corrected chi connectivity index (χ1v) is 7.80. The fourth-order valence-electron chi connectivity index (χ4n) is 2.14. The summed E-state index contributed by atoms with van der Waals surface area (Å²) in [6.07, 6.45) is 0.635. The van der Waals surface area contributed by atoms with Gasteiger partial charge < -0.3 is 10.6 Å². The minimum atomic E-state index is -0.195. The lowest BCUT2D eigenvalue weighted by molar-refractivity contribution is 0.0948. The van der Waals surface area contributed by atoms with E-state index in [0.29, 0.717) is 36.2 Å². The van der Waals surface area contributed by atoms with Crippen molar-refractivity contribution in [1.82, 2.24) is 10.6 Å². The Hall–Kier alpha value is -2.95. The van der Waals surface area contributed by atoms with Crippen LogP contribution in [0.2, 0.25) is 0 Å². The Balaban J connectivity index is 1.69. The molecule has 0 heterocycles. The van der Waals surface area contributed by atoms with Crippen molar-refractivity contribution in [1.29, 1.82) is 0 Å². The maximum atomic E-state index is 12.0. The number of amides is 2. The zero-order valence-corrected chi connectivity index (χ0v) is 13.5. The molecule has 2 amide bonds. The minimum absolute atomic E-state index is 0.0314. The molecule has 0 spiro atoms. The van der Waals surface area contributed by atoms with Crippen LogP contribution in [0.25, 0.3) is 0 Å². The molecule has 0 saturated carbocycles. The second-order valence-corrected chi connectivity index (χ2v) is 5.36. The molecule has 0 unspecified atom stereocenters. The summed E-state index contributed by atoms with van der Waals surface area (Å²) >= 11 is 0. The van der Waals surface area contributed by atoms with Crippen LogP contribution in [0, 0.1) is 0 Å². The van der Waals surface area contributed by atoms with Crippen molar-refractivity contribution >= 4 is 17.6 Å². The summed E-state index contributed by atoms with van der Waals surface area (Å²) in [5, 5.41) is 5.59. The van der Waals surface area contributed by atoms with E-state index in [1.807, 2.05) is 18.2 Å². The van der Waals surface area contributed by atoms with Crippen molar-refractivity contribution < 1.29 is 14.4 Å². The normalized spacial score (nSPS) is 10.0. The molecular weight excluding hydrogens is 304 g/mol. The summed E-state index contributed by atoms with van der Waals surface area (Å²) in [6, 6.07) is 15.5. The van der Waals surface area contributed by atoms with Crippen LogP contribution >= 0.6 is 0 Å². The van der Waals surface area contributed by atoms with Crippen LogP contribution in [-0.4, -0.2) is 30.7 Å². The van der Waals surface area contributed by atoms with Gasteiger partial charge >= 0.3 is 0 Å². The van der Waals surface area contributed by atoms with Crippen molar-refractivity contribution in [2.24, 2.45) is 0 Å². The maximum Gasteiger partial charge on any atom is 0.251 e. The number of Topliss-reactive ketones (excluding diaryl/α,β-unsaturated/α-hetero) is 1. The van der Waals surface area contributed by atoms with Gasteiger partial charge in [-0.2, -0.15) is 0 Å². The summed E-state index contributed by atoms with van der Waals surface area (Å²) in [5.74, 6) is -0.350. The van der Waals surface area contributed by atoms with Gasteiger partial charge in [-0.3, -0.25) is 14.4 Å². The van der Waals surface area contributed by atoms with E-state index >= 15 is 0 Å². The average molecular weight is 324 g/mol. The van der Waals surface area contributed by atoms with Crippen molar-refractivity contribution in [2.75, 3.05) is 13.1 Å². The smallest absolute Gasteiger partial charge is 0.251 e. The summed E-state index contributed by atoms with van der Waals surface area (Å²) < 4.78 is 0. The molecule has 5 nitrogen and oxygen atoms in total. The van der Waals surface area contributed by atoms with Gasteiger partial charge in [0, 0.05) is 29.8 Å². The lowest BCUT2D eigenvalue weighted by atomic mass is 10.1. The Labute approximate surface area is 141 Å². The van der Waals surface area contributed by atoms with Gasteiger partial charge in [-0.25, -0.2) is 0 Å². The van der Waals surface area contributed by atoms with Crippen LogP contribution < -0.4 is 10.6 Å². The molecule has 0 atom stereocenters. The Kier molecular flexibility index (Phi) is 6.25. The van der Waals surface area contributed by atoms with E-state index in [1.54, 1.807) is 36.4 Å². The van der Waals surface area contributed by atoms with Crippen LogP contribution in [-0.2, 0) is 0 Å². The lowest BCUT2D eigenvalue weighted by Crippen LogP contribution is -2.29. The predicted molar refractivity (Wildman–Crippen MR) is 92.2 cm³/mol. The number of ketones is 1. The minimum Gasteiger partial charge on any atom is -0.352 e. The monoisotopic (exact) mass is 324 g/mol. The van der Waals surface area contributed by atoms with E-state index in [4.69, 9.17) is 0 Å². The molecule has 0 aliphatic heterocycles. The Bertz CT molecular complexity index is 709. The van der Waals surface area contributed by atoms with Crippen LogP contribution in [0.1, 0.15) is 44.4 Å². The van der Waals surface area contributed by atoms with E-state index in [9.17, 15) is 14.4 Å². The van der Waals surface area contributed by atoms with Crippen LogP contribution in [0.4, 0.5) is 0 Å². The van der Waals surface area contributed by atoms with Gasteiger partial charge in [0.05, 0.1) is 0 Å². The molecule has 2 rings (SSSR count). The summed E-state index contributed by atoms with van der Waals surface area (Å²) in [4.78, 5) is 35.0. The van der Waals surface area contributed by atoms with Crippen molar-refractivity contribution in [3.63, 3.8) is 0 Å². The number of benzene rings is 2. The first kappa shape index (κ1) is 17.4. The third-order valence-electron chi connectivity index (χ3n) is 3.51. The third-order valence-corrected chi connectivity index (χ3v) is 3.51. The van der Waals surface area contributed by atoms with Gasteiger partial charge in [0.1, 0.15) is 0 Å². The first-order valence-electron chi connectivity index (χ1n) is 7.80. The number of carbonyl (C=O) groups is 3. The molecule has 0 aliphatic rings. The summed E-state index contributed by atoms with van der Waals surface area (Å²) in [6.45, 7) is 2.43. The summed E-state index contributed by atoms with van der Waals surface area (Å²) in [7, 11) is 0. The van der Waals surface area contributed by atoms with E-state index < -0.39 is 0 Å². The molecule has 2 aromatic carbocycles. The van der Waals surface area contributed by atoms with Crippen LogP contribution in [0.5, 0.6) is 0 Å². The quantitative estimate of drug-likeness (QED) is 0.607. The number of hydrogen-bond donors (Lipinski definition) is 2. The molecule has 2 aromatic rings. The standard InChI is InChI=1S/C19H20N2O3/c1-14(22)15-8-10-17(11-9-15)19(24)21-13-5-12-20-18(23)16-6-3-2-4-7-16/h2-4,6-11H,5,12-13H2,1H3,(H,20,23)(H,21,24). The van der Waals surface area contributed by atoms with E-state index in [2.05, 4.69) is 10.6 Å². The van der Waals surface area contributed by atoms with Crippen molar-refractivity contribution in [3.05, 3.63) is 71.3 Å². The van der Waals surface area contributed by atoms with Gasteiger partial charge in [-0.05, 0) is 37.6 Å². The molecule has 24 heavy (non-hydrogen) atoms. The fourth-order valence-corrected chi connectivity index (χ4v) is 2.14. The number of carbonyl (C=O) groups excluding carboxylic acids is 3. The molecule has 0 fully saturated rings. The second-order valence-electron chi connectivity index (χ2n) is 5.36. The summed E-state index contributed by atoms with van der Waals surface area (Å²) in [5.41, 5.74) is 1.70. The molecule has 0 aliphatic carbocycles. The SMILES string of the molecule is CC(=O)c1ccc(C(=O)NCCCNC(=O)c2ccccc2)cc1. The first-order chi connectivity index (χ1) is 11.6. The molecule has 2 N–H and O–H groups in total. The Morgan fingerprint density at radius 3 is 1.67 bits per heavy atom. The molecule has 0 radical (unpaired) electrons. The molecule has 124 valence electrons. The van der Waals surface area contributed by atoms with Gasteiger partial charge in [0.2, 0.25) is 0 Å². The van der Waals surface area contributed by atoms with E-state index in [1.165, 1.54) is 6.92 Å². The Morgan fingerprint density at radius 1 is 0.708 bits per heavy atom. The van der Waals surface area contributed by atoms with E-state index in [0.717, 1.165) is 0 Å². The molecular formula is C19H20N2O3. The zero-order valence-electron chi connectivity index (χ0n) is 13.5. The highest BCUT2D eigenvalue weighted by Crippen LogP contribution is 2.05. The molecule has 0 bridgehead atoms.